The third kappa shape index (κ3) is 7.24. The van der Waals surface area contributed by atoms with E-state index in [0.29, 0.717) is 53.8 Å². The molecule has 0 spiro atoms. The predicted molar refractivity (Wildman–Crippen MR) is 147 cm³/mol. The number of aromatic nitrogens is 1. The van der Waals surface area contributed by atoms with E-state index in [0.717, 1.165) is 5.56 Å². The first-order valence-electron chi connectivity index (χ1n) is 12.7. The molecule has 0 saturated carbocycles. The van der Waals surface area contributed by atoms with E-state index in [4.69, 9.17) is 18.9 Å². The molecule has 0 aliphatic carbocycles. The number of rotatable bonds is 8. The highest BCUT2D eigenvalue weighted by Crippen LogP contribution is 2.43. The van der Waals surface area contributed by atoms with Crippen molar-refractivity contribution in [2.45, 2.75) is 45.8 Å². The molecular weight excluding hydrogens is 502 g/mol. The first kappa shape index (κ1) is 27.9. The van der Waals surface area contributed by atoms with Gasteiger partial charge in [0.1, 0.15) is 29.5 Å². The standard InChI is InChI=1S/C29H33N3O7/c1-29(2,3)39-28(34)31-27-20(9-7-15-30-27)10-8-16-37-22-14-13-21-18-32(35,19-26(33)36-4)23-11-5-6-12-24(23)38-25(21)17-22/h5-7,9,11-15,17H,8,10,16,18-19H2,1-4H3,(H,30,31,34). The second-order valence-electron chi connectivity index (χ2n) is 10.2. The third-order valence-corrected chi connectivity index (χ3v) is 5.97. The van der Waals surface area contributed by atoms with Crippen LogP contribution >= 0.6 is 0 Å². The van der Waals surface area contributed by atoms with Gasteiger partial charge in [-0.3, -0.25) is 5.32 Å². The fraction of sp³-hybridized carbons (Fsp3) is 0.345. The van der Waals surface area contributed by atoms with Crippen LogP contribution in [0.3, 0.4) is 0 Å². The van der Waals surface area contributed by atoms with E-state index in [9.17, 15) is 14.8 Å². The highest BCUT2D eigenvalue weighted by Gasteiger charge is 2.33. The maximum atomic E-state index is 13.8. The predicted octanol–water partition coefficient (Wildman–Crippen LogP) is 5.72. The second-order valence-corrected chi connectivity index (χ2v) is 10.2. The van der Waals surface area contributed by atoms with Gasteiger partial charge in [0.25, 0.3) is 0 Å². The Kier molecular flexibility index (Phi) is 8.37. The fourth-order valence-corrected chi connectivity index (χ4v) is 4.23. The lowest BCUT2D eigenvalue weighted by molar-refractivity contribution is -0.141. The Morgan fingerprint density at radius 3 is 2.67 bits per heavy atom. The summed E-state index contributed by atoms with van der Waals surface area (Å²) in [4.78, 5) is 28.5. The van der Waals surface area contributed by atoms with E-state index >= 15 is 0 Å². The number of ether oxygens (including phenoxy) is 4. The summed E-state index contributed by atoms with van der Waals surface area (Å²) in [7, 11) is 1.26. The Balaban J connectivity index is 1.41. The van der Waals surface area contributed by atoms with Gasteiger partial charge in [-0.05, 0) is 63.4 Å². The number of para-hydroxylation sites is 2. The van der Waals surface area contributed by atoms with Crippen molar-refractivity contribution in [3.63, 3.8) is 0 Å². The van der Waals surface area contributed by atoms with Crippen molar-refractivity contribution < 1.29 is 28.5 Å². The Bertz CT molecular complexity index is 1340. The van der Waals surface area contributed by atoms with Crippen molar-refractivity contribution in [1.29, 1.82) is 0 Å². The number of quaternary nitrogens is 1. The van der Waals surface area contributed by atoms with Gasteiger partial charge in [-0.25, -0.2) is 14.6 Å². The van der Waals surface area contributed by atoms with Crippen LogP contribution < -0.4 is 19.4 Å². The molecule has 0 bridgehead atoms. The second kappa shape index (κ2) is 11.7. The van der Waals surface area contributed by atoms with Crippen LogP contribution in [-0.2, 0) is 27.2 Å². The minimum absolute atomic E-state index is 0.0101. The lowest BCUT2D eigenvalue weighted by Gasteiger charge is -2.40. The number of anilines is 1. The minimum Gasteiger partial charge on any atom is -0.627 e. The topological polar surface area (TPSA) is 119 Å². The molecule has 1 N–H and O–H groups in total. The molecule has 1 aliphatic rings. The summed E-state index contributed by atoms with van der Waals surface area (Å²) in [6.45, 7) is 5.44. The van der Waals surface area contributed by atoms with E-state index in [1.807, 2.05) is 12.1 Å². The summed E-state index contributed by atoms with van der Waals surface area (Å²) in [5, 5.41) is 16.5. The van der Waals surface area contributed by atoms with Crippen LogP contribution in [0.1, 0.15) is 38.3 Å². The summed E-state index contributed by atoms with van der Waals surface area (Å²) in [6, 6.07) is 15.9. The summed E-state index contributed by atoms with van der Waals surface area (Å²) < 4.78 is 21.3. The van der Waals surface area contributed by atoms with Gasteiger partial charge in [0.2, 0.25) is 0 Å². The molecule has 4 rings (SSSR count). The van der Waals surface area contributed by atoms with Gasteiger partial charge in [-0.15, -0.1) is 0 Å². The maximum absolute atomic E-state index is 13.8. The SMILES string of the molecule is COC(=O)C[N+]1([O-])Cc2ccc(OCCCc3cccnc3NC(=O)OC(C)(C)C)cc2Oc2ccccc21. The Morgan fingerprint density at radius 1 is 1.10 bits per heavy atom. The van der Waals surface area contributed by atoms with Gasteiger partial charge in [0.15, 0.2) is 18.0 Å². The number of aryl methyl sites for hydroxylation is 1. The number of nitrogens with zero attached hydrogens (tertiary/aromatic N) is 2. The van der Waals surface area contributed by atoms with Gasteiger partial charge in [0, 0.05) is 23.9 Å². The molecule has 2 heterocycles. The lowest BCUT2D eigenvalue weighted by atomic mass is 10.1. The van der Waals surface area contributed by atoms with E-state index in [2.05, 4.69) is 10.3 Å². The molecule has 1 aliphatic heterocycles. The molecule has 10 heteroatoms. The Hall–Kier alpha value is -4.15. The zero-order valence-electron chi connectivity index (χ0n) is 22.6. The Labute approximate surface area is 227 Å². The fourth-order valence-electron chi connectivity index (χ4n) is 4.23. The normalized spacial score (nSPS) is 16.1. The number of nitrogens with one attached hydrogen (secondary N) is 1. The van der Waals surface area contributed by atoms with Crippen LogP contribution in [0.2, 0.25) is 0 Å². The molecular formula is C29H33N3O7. The number of hydrogen-bond acceptors (Lipinski definition) is 8. The summed E-state index contributed by atoms with van der Waals surface area (Å²) in [5.74, 6) is 1.32. The summed E-state index contributed by atoms with van der Waals surface area (Å²) >= 11 is 0. The molecule has 1 atom stereocenters. The first-order valence-corrected chi connectivity index (χ1v) is 12.7. The van der Waals surface area contributed by atoms with Crippen LogP contribution in [0.5, 0.6) is 17.2 Å². The summed E-state index contributed by atoms with van der Waals surface area (Å²) in [6.07, 6.45) is 2.34. The maximum Gasteiger partial charge on any atom is 0.413 e. The highest BCUT2D eigenvalue weighted by atomic mass is 16.6. The molecule has 0 fully saturated rings. The van der Waals surface area contributed by atoms with Crippen LogP contribution in [0.15, 0.2) is 60.8 Å². The van der Waals surface area contributed by atoms with E-state index in [1.165, 1.54) is 7.11 Å². The van der Waals surface area contributed by atoms with Crippen LogP contribution in [0, 0.1) is 5.21 Å². The van der Waals surface area contributed by atoms with Crippen molar-refractivity contribution >= 4 is 23.6 Å². The smallest absolute Gasteiger partial charge is 0.413 e. The number of amides is 1. The number of esters is 1. The van der Waals surface area contributed by atoms with E-state index in [1.54, 1.807) is 69.4 Å². The van der Waals surface area contributed by atoms with E-state index in [-0.39, 0.29) is 13.1 Å². The quantitative estimate of drug-likeness (QED) is 0.168. The minimum atomic E-state index is -0.916. The average molecular weight is 536 g/mol. The molecule has 3 aromatic rings. The molecule has 1 amide bonds. The molecule has 0 saturated heterocycles. The number of fused-ring (bicyclic) bond motifs is 2. The number of carbonyl (C=O) groups excluding carboxylic acids is 2. The largest absolute Gasteiger partial charge is 0.627 e. The number of hydrogen-bond donors (Lipinski definition) is 1. The molecule has 39 heavy (non-hydrogen) atoms. The number of hydroxylamine groups is 2. The first-order chi connectivity index (χ1) is 18.6. The third-order valence-electron chi connectivity index (χ3n) is 5.97. The number of pyridine rings is 1. The molecule has 0 radical (unpaired) electrons. The molecule has 1 aromatic heterocycles. The zero-order chi connectivity index (χ0) is 28.0. The molecule has 2 aromatic carbocycles. The zero-order valence-corrected chi connectivity index (χ0v) is 22.6. The molecule has 1 unspecified atom stereocenters. The van der Waals surface area contributed by atoms with Crippen LogP contribution in [0.25, 0.3) is 0 Å². The number of carbonyl (C=O) groups is 2. The number of benzene rings is 2. The number of methoxy groups -OCH3 is 1. The van der Waals surface area contributed by atoms with Gasteiger partial charge in [0.05, 0.1) is 13.7 Å². The van der Waals surface area contributed by atoms with Gasteiger partial charge in [-0.2, -0.15) is 0 Å². The lowest BCUT2D eigenvalue weighted by Crippen LogP contribution is -2.46. The van der Waals surface area contributed by atoms with Crippen molar-refractivity contribution in [3.8, 4) is 17.2 Å². The van der Waals surface area contributed by atoms with Crippen molar-refractivity contribution in [3.05, 3.63) is 77.1 Å². The van der Waals surface area contributed by atoms with Gasteiger partial charge >= 0.3 is 12.1 Å². The van der Waals surface area contributed by atoms with Crippen molar-refractivity contribution in [2.75, 3.05) is 25.6 Å². The van der Waals surface area contributed by atoms with Crippen molar-refractivity contribution in [1.82, 2.24) is 9.63 Å². The van der Waals surface area contributed by atoms with Gasteiger partial charge in [-0.1, -0.05) is 18.2 Å². The molecule has 206 valence electrons. The van der Waals surface area contributed by atoms with Crippen LogP contribution in [-0.4, -0.2) is 42.9 Å². The highest BCUT2D eigenvalue weighted by molar-refractivity contribution is 5.84. The molecule has 10 nitrogen and oxygen atoms in total. The van der Waals surface area contributed by atoms with Crippen molar-refractivity contribution in [2.24, 2.45) is 0 Å². The summed E-state index contributed by atoms with van der Waals surface area (Å²) in [5.41, 5.74) is 1.27. The van der Waals surface area contributed by atoms with Gasteiger partial charge < -0.3 is 28.8 Å². The van der Waals surface area contributed by atoms with Crippen LogP contribution in [0.4, 0.5) is 16.3 Å². The van der Waals surface area contributed by atoms with E-state index < -0.39 is 22.3 Å². The Morgan fingerprint density at radius 2 is 1.90 bits per heavy atom. The monoisotopic (exact) mass is 535 g/mol. The average Bonchev–Trinajstić information content (AvgIpc) is 2.99.